The third-order valence-electron chi connectivity index (χ3n) is 13.5. The molecule has 3 aromatic carbocycles. The molecule has 55 heavy (non-hydrogen) atoms. The van der Waals surface area contributed by atoms with Crippen molar-refractivity contribution >= 4 is 37.1 Å². The second kappa shape index (κ2) is 20.5. The van der Waals surface area contributed by atoms with Gasteiger partial charge in [-0.3, -0.25) is 0 Å². The molecule has 5 aliphatic carbocycles. The number of nitrogens with zero attached hydrogens (tertiary/aromatic N) is 2. The van der Waals surface area contributed by atoms with Gasteiger partial charge in [-0.1, -0.05) is 56.2 Å². The van der Waals surface area contributed by atoms with Gasteiger partial charge in [0.25, 0.3) is 0 Å². The number of benzene rings is 3. The first kappa shape index (κ1) is 41.7. The van der Waals surface area contributed by atoms with Crippen LogP contribution in [-0.2, 0) is 13.5 Å². The summed E-state index contributed by atoms with van der Waals surface area (Å²) < 4.78 is 1.17. The van der Waals surface area contributed by atoms with Gasteiger partial charge >= 0.3 is 108 Å². The van der Waals surface area contributed by atoms with E-state index in [1.165, 1.54) is 97.8 Å². The molecule has 0 unspecified atom stereocenters. The Morgan fingerprint density at radius 3 is 1.36 bits per heavy atom. The maximum absolute atomic E-state index is 6.21. The summed E-state index contributed by atoms with van der Waals surface area (Å²) in [6.07, 6.45) is 35.1. The van der Waals surface area contributed by atoms with E-state index in [1.807, 2.05) is 12.1 Å². The fraction of sp³-hybridized carbons (Fsp3) is 0.551. The van der Waals surface area contributed by atoms with Crippen molar-refractivity contribution in [2.24, 2.45) is 0 Å². The van der Waals surface area contributed by atoms with Crippen molar-refractivity contribution in [1.29, 1.82) is 0 Å². The van der Waals surface area contributed by atoms with E-state index in [1.54, 1.807) is 96.3 Å². The van der Waals surface area contributed by atoms with Crippen LogP contribution in [0.1, 0.15) is 156 Å². The van der Waals surface area contributed by atoms with Crippen molar-refractivity contribution in [3.8, 4) is 11.1 Å². The molecule has 0 spiro atoms. The van der Waals surface area contributed by atoms with Gasteiger partial charge in [-0.05, 0) is 134 Å². The van der Waals surface area contributed by atoms with E-state index in [0.29, 0.717) is 6.04 Å². The standard InChI is InChI=1S/C18H25N2.C18H33P.C13H8.2ClH.Ru/c1-14-11-15(2)18(16(3)12-14)20-10-9-19(13-20)17-7-5-4-6-8-17;1-4-10-16(11-5-1)19(17-12-6-2-7-13-17)18-14-8-3-9-15-18;1-3-7-12-10(5-1)9-11-6-2-4-8-13(11)12;;;/h9-13,17H,4-8H2,1-3H3;16-18H,1-15H2;1-8H;2*1H;/q-1;;;;;+2/p-1. The monoisotopic (exact) mass is 886 g/mol. The zero-order valence-electron chi connectivity index (χ0n) is 34.0. The molecule has 6 heteroatoms. The van der Waals surface area contributed by atoms with Crippen LogP contribution in [0.15, 0.2) is 73.1 Å². The van der Waals surface area contributed by atoms with E-state index in [4.69, 9.17) is 19.4 Å². The molecule has 0 aromatic heterocycles. The first-order valence-corrected chi connectivity index (χ1v) is 29.1. The van der Waals surface area contributed by atoms with Crippen LogP contribution >= 0.6 is 27.3 Å². The average Bonchev–Trinajstić information content (AvgIpc) is 3.83. The molecule has 0 amide bonds. The third-order valence-corrected chi connectivity index (χ3v) is 21.2. The summed E-state index contributed by atoms with van der Waals surface area (Å²) in [5.74, 6) is 0. The second-order valence-corrected chi connectivity index (χ2v) is 26.6. The Hall–Kier alpha value is -1.50. The summed E-state index contributed by atoms with van der Waals surface area (Å²) in [5.41, 5.74) is 14.0. The number of fused-ring (bicyclic) bond motifs is 3. The molecule has 0 saturated heterocycles. The van der Waals surface area contributed by atoms with Crippen LogP contribution < -0.4 is 4.90 Å². The fourth-order valence-electron chi connectivity index (χ4n) is 11.1. The molecule has 3 aromatic rings. The predicted molar refractivity (Wildman–Crippen MR) is 241 cm³/mol. The van der Waals surface area contributed by atoms with Gasteiger partial charge in [0.05, 0.1) is 17.0 Å². The van der Waals surface area contributed by atoms with Crippen molar-refractivity contribution < 1.29 is 13.5 Å². The molecule has 0 radical (unpaired) electrons. The Morgan fingerprint density at radius 1 is 0.545 bits per heavy atom. The van der Waals surface area contributed by atoms with E-state index < -0.39 is 13.5 Å². The minimum atomic E-state index is -1.88. The molecule has 1 aliphatic heterocycles. The fourth-order valence-corrected chi connectivity index (χ4v) is 19.5. The first-order valence-electron chi connectivity index (χ1n) is 22.0. The van der Waals surface area contributed by atoms with Crippen LogP contribution in [0, 0.1) is 27.4 Å². The van der Waals surface area contributed by atoms with Crippen molar-refractivity contribution in [2.45, 2.75) is 172 Å². The van der Waals surface area contributed by atoms with Crippen molar-refractivity contribution in [1.82, 2.24) is 4.90 Å². The summed E-state index contributed by atoms with van der Waals surface area (Å²) in [6.45, 7) is 8.86. The van der Waals surface area contributed by atoms with E-state index in [-0.39, 0.29) is 7.92 Å². The number of aryl methyl sites for hydroxylation is 3. The first-order chi connectivity index (χ1) is 26.9. The van der Waals surface area contributed by atoms with Gasteiger partial charge < -0.3 is 9.80 Å². The SMILES string of the molecule is C1CCC([PH+](C2CCCCC2)C2CCCCC2)CC1.Cc1cc(C)c(N2C=CN(C3CCCCC3)[CH-]2)c(C)c1.[Cl][Ru]([Cl])=[C]1c2ccccc2-c2ccccc21. The Morgan fingerprint density at radius 2 is 0.945 bits per heavy atom. The molecule has 300 valence electrons. The summed E-state index contributed by atoms with van der Waals surface area (Å²) >= 11 is -1.88. The Kier molecular flexibility index (Phi) is 15.5. The Bertz CT molecular complexity index is 1650. The number of hydrogen-bond donors (Lipinski definition) is 0. The average molecular weight is 887 g/mol. The molecule has 0 N–H and O–H groups in total. The number of rotatable bonds is 5. The number of anilines is 1. The summed E-state index contributed by atoms with van der Waals surface area (Å²) in [7, 11) is 12.4. The molecular formula is C49H67Cl2N2PRu. The summed E-state index contributed by atoms with van der Waals surface area (Å²) in [5, 5.41) is 0. The van der Waals surface area contributed by atoms with Gasteiger partial charge in [0.15, 0.2) is 0 Å². The Balaban J connectivity index is 0.000000128. The van der Waals surface area contributed by atoms with Crippen LogP contribution in [0.3, 0.4) is 0 Å². The molecular weight excluding hydrogens is 820 g/mol. The van der Waals surface area contributed by atoms with Gasteiger partial charge in [-0.15, -0.1) is 0 Å². The number of halogens is 2. The van der Waals surface area contributed by atoms with Gasteiger partial charge in [0, 0.05) is 19.7 Å². The molecule has 6 aliphatic rings. The van der Waals surface area contributed by atoms with Gasteiger partial charge in [0.2, 0.25) is 0 Å². The zero-order chi connectivity index (χ0) is 38.1. The predicted octanol–water partition coefficient (Wildman–Crippen LogP) is 15.0. The quantitative estimate of drug-likeness (QED) is 0.112. The molecule has 4 fully saturated rings. The minimum absolute atomic E-state index is 0.0465. The molecule has 0 bridgehead atoms. The summed E-state index contributed by atoms with van der Waals surface area (Å²) in [4.78, 5) is 4.70. The zero-order valence-corrected chi connectivity index (χ0v) is 38.2. The van der Waals surface area contributed by atoms with E-state index in [0.717, 1.165) is 0 Å². The number of hydrogen-bond acceptors (Lipinski definition) is 2. The molecule has 2 nitrogen and oxygen atoms in total. The second-order valence-electron chi connectivity index (χ2n) is 17.4. The van der Waals surface area contributed by atoms with E-state index in [9.17, 15) is 0 Å². The van der Waals surface area contributed by atoms with Crippen LogP contribution in [-0.4, -0.2) is 32.0 Å². The van der Waals surface area contributed by atoms with Crippen molar-refractivity contribution in [3.63, 3.8) is 0 Å². The molecule has 0 atom stereocenters. The van der Waals surface area contributed by atoms with Crippen LogP contribution in [0.2, 0.25) is 0 Å². The molecule has 9 rings (SSSR count). The van der Waals surface area contributed by atoms with E-state index >= 15 is 0 Å². The summed E-state index contributed by atoms with van der Waals surface area (Å²) in [6, 6.07) is 21.9. The Labute approximate surface area is 349 Å². The van der Waals surface area contributed by atoms with Crippen molar-refractivity contribution in [3.05, 3.63) is 108 Å². The van der Waals surface area contributed by atoms with Crippen molar-refractivity contribution in [2.75, 3.05) is 4.90 Å². The maximum atomic E-state index is 6.21. The van der Waals surface area contributed by atoms with Crippen LogP contribution in [0.25, 0.3) is 11.1 Å². The molecule has 1 heterocycles. The topological polar surface area (TPSA) is 6.48 Å². The molecule has 4 saturated carbocycles. The van der Waals surface area contributed by atoms with E-state index in [2.05, 4.69) is 98.2 Å². The van der Waals surface area contributed by atoms with Crippen LogP contribution in [0.4, 0.5) is 5.69 Å². The normalized spacial score (nSPS) is 21.1. The third kappa shape index (κ3) is 10.4. The van der Waals surface area contributed by atoms with Gasteiger partial charge in [-0.25, -0.2) is 0 Å². The van der Waals surface area contributed by atoms with Crippen LogP contribution in [0.5, 0.6) is 0 Å². The van der Waals surface area contributed by atoms with Gasteiger partial charge in [0.1, 0.15) is 0 Å². The van der Waals surface area contributed by atoms with Gasteiger partial charge in [-0.2, -0.15) is 6.67 Å².